The zero-order valence-electron chi connectivity index (χ0n) is 35.9. The number of alkyl carbamates (subject to hydrolysis) is 2. The molecule has 1 spiro atoms. The van der Waals surface area contributed by atoms with Crippen molar-refractivity contribution in [2.45, 2.75) is 152 Å². The first-order valence-electron chi connectivity index (χ1n) is 19.7. The van der Waals surface area contributed by atoms with E-state index in [1.165, 1.54) is 6.08 Å². The predicted octanol–water partition coefficient (Wildman–Crippen LogP) is 5.29. The number of hydrogen-bond acceptors (Lipinski definition) is 11. The molecule has 59 heavy (non-hydrogen) atoms. The molecule has 0 radical (unpaired) electrons. The molecule has 0 aromatic heterocycles. The molecule has 2 amide bonds. The number of nitrogens with one attached hydrogen (secondary N) is 2. The third-order valence-electron chi connectivity index (χ3n) is 12.9. The summed E-state index contributed by atoms with van der Waals surface area (Å²) in [7, 11) is -0.905. The molecule has 0 saturated carbocycles. The molecule has 2 aliphatic heterocycles. The van der Waals surface area contributed by atoms with Crippen LogP contribution in [0, 0.1) is 5.41 Å². The summed E-state index contributed by atoms with van der Waals surface area (Å²) in [5.74, 6) is -6.16. The molecule has 4 aliphatic rings. The second-order valence-corrected chi connectivity index (χ2v) is 24.6. The highest BCUT2D eigenvalue weighted by Gasteiger charge is 2.81. The average Bonchev–Trinajstić information content (AvgIpc) is 3.39. The molecule has 2 bridgehead atoms. The van der Waals surface area contributed by atoms with Gasteiger partial charge in [0.05, 0.1) is 18.3 Å². The third-order valence-corrected chi connectivity index (χ3v) is 17.2. The molecular weight excluding hydrogens is 787 g/mol. The van der Waals surface area contributed by atoms with Gasteiger partial charge in [0.1, 0.15) is 23.1 Å². The summed E-state index contributed by atoms with van der Waals surface area (Å²) in [5, 5.41) is 48.3. The molecule has 2 aliphatic carbocycles. The van der Waals surface area contributed by atoms with Crippen molar-refractivity contribution in [3.8, 4) is 11.5 Å². The van der Waals surface area contributed by atoms with Crippen LogP contribution < -0.4 is 19.8 Å². The Morgan fingerprint density at radius 2 is 1.41 bits per heavy atom. The lowest BCUT2D eigenvalue weighted by molar-refractivity contribution is -0.184. The number of benzene rings is 1. The highest BCUT2D eigenvalue weighted by Crippen LogP contribution is 2.73. The second kappa shape index (κ2) is 14.4. The van der Waals surface area contributed by atoms with Crippen LogP contribution in [-0.2, 0) is 40.5 Å². The Balaban J connectivity index is 1.96. The van der Waals surface area contributed by atoms with Gasteiger partial charge in [-0.15, -0.1) is 0 Å². The fourth-order valence-corrected chi connectivity index (χ4v) is 10.7. The van der Waals surface area contributed by atoms with Gasteiger partial charge in [0.2, 0.25) is 0 Å². The van der Waals surface area contributed by atoms with E-state index in [9.17, 15) is 49.2 Å². The number of likely N-dealkylation sites (N-methyl/N-ethyl adjacent to an activating group) is 1. The molecule has 1 saturated heterocycles. The van der Waals surface area contributed by atoms with Gasteiger partial charge in [-0.3, -0.25) is 9.59 Å². The predicted molar refractivity (Wildman–Crippen MR) is 214 cm³/mol. The van der Waals surface area contributed by atoms with Crippen LogP contribution in [0.15, 0.2) is 23.8 Å². The minimum absolute atomic E-state index is 0.0193. The zero-order chi connectivity index (χ0) is 44.7. The molecular formula is C41H59N3O14Si. The number of allylic oxidation sites excluding steroid dienone is 1. The Morgan fingerprint density at radius 3 is 1.90 bits per heavy atom. The number of piperidine rings is 1. The van der Waals surface area contributed by atoms with Crippen LogP contribution in [0.4, 0.5) is 9.59 Å². The molecule has 18 heteroatoms. The SMILES string of the molecule is CN1CC[C@]23c4c5ccc(O[Si](C)(C)C(C)(C)C)c4O[C@H]2C(C(CC(=O)O)(NC(=O)OC(C)(C)C)C(=O)O)=CC[C@@]3(C(CC(=O)O)(NC(=O)OC(C)(C)C)C(=O)O)[C@H]1C5. The number of aliphatic carboxylic acids is 4. The van der Waals surface area contributed by atoms with Gasteiger partial charge in [0.25, 0.3) is 8.32 Å². The summed E-state index contributed by atoms with van der Waals surface area (Å²) in [4.78, 5) is 83.3. The number of hydrogen-bond donors (Lipinski definition) is 6. The fraction of sp³-hybridized carbons (Fsp3) is 0.659. The third kappa shape index (κ3) is 7.29. The van der Waals surface area contributed by atoms with Crippen LogP contribution in [0.3, 0.4) is 0 Å². The summed E-state index contributed by atoms with van der Waals surface area (Å²) in [6, 6.07) is 2.74. The first kappa shape index (κ1) is 45.2. The number of amides is 2. The van der Waals surface area contributed by atoms with Gasteiger partial charge in [-0.1, -0.05) is 32.9 Å². The van der Waals surface area contributed by atoms with Crippen LogP contribution >= 0.6 is 0 Å². The van der Waals surface area contributed by atoms with Crippen LogP contribution in [0.1, 0.15) is 99.1 Å². The molecule has 1 aromatic carbocycles. The van der Waals surface area contributed by atoms with Crippen molar-refractivity contribution in [1.82, 2.24) is 15.5 Å². The maximum absolute atomic E-state index is 14.3. The Morgan fingerprint density at radius 1 is 0.847 bits per heavy atom. The maximum Gasteiger partial charge on any atom is 0.408 e. The van der Waals surface area contributed by atoms with Crippen molar-refractivity contribution in [1.29, 1.82) is 0 Å². The largest absolute Gasteiger partial charge is 0.541 e. The van der Waals surface area contributed by atoms with E-state index in [1.54, 1.807) is 54.7 Å². The summed E-state index contributed by atoms with van der Waals surface area (Å²) < 4.78 is 24.9. The van der Waals surface area contributed by atoms with Crippen molar-refractivity contribution in [3.63, 3.8) is 0 Å². The number of carbonyl (C=O) groups is 6. The number of carboxylic acid groups (broad SMARTS) is 4. The van der Waals surface area contributed by atoms with Gasteiger partial charge in [-0.05, 0) is 104 Å². The van der Waals surface area contributed by atoms with Crippen molar-refractivity contribution < 1.29 is 67.8 Å². The number of carboxylic acids is 4. The quantitative estimate of drug-likeness (QED) is 0.116. The molecule has 5 rings (SSSR count). The standard InChI is InChI=1S/C41H59N3O14Si/c1-35(2,3)56-33(53)42-39(31(49)50,20-26(45)46)23-15-16-40(41(32(51)52,21-27(47)48)43-34(54)57-36(4,5)6)25-19-22-13-14-24(58-59(11,12)37(7,8)9)29-28(22)38(40,30(23)55-29)17-18-44(25)10/h13-15,25,30H,16-21H2,1-12H3,(H,42,53)(H,43,54)(H,45,46)(H,47,48)(H,49,50)(H,51,52)/t25-,30+,38+,39?,40-,41?/m1/s1. The number of carbonyl (C=O) groups excluding carboxylic acids is 2. The van der Waals surface area contributed by atoms with Gasteiger partial charge < -0.3 is 54.6 Å². The van der Waals surface area contributed by atoms with E-state index in [2.05, 4.69) is 10.6 Å². The fourth-order valence-electron chi connectivity index (χ4n) is 9.67. The van der Waals surface area contributed by atoms with E-state index < -0.39 is 109 Å². The molecule has 6 atom stereocenters. The Hall–Kier alpha value is -4.84. The number of nitrogens with zero attached hydrogens (tertiary/aromatic N) is 1. The van der Waals surface area contributed by atoms with Gasteiger partial charge >= 0.3 is 36.1 Å². The monoisotopic (exact) mass is 845 g/mol. The lowest BCUT2D eigenvalue weighted by Gasteiger charge is -2.69. The Labute approximate surface area is 344 Å². The average molecular weight is 846 g/mol. The van der Waals surface area contributed by atoms with E-state index in [0.717, 1.165) is 0 Å². The van der Waals surface area contributed by atoms with Crippen molar-refractivity contribution in [3.05, 3.63) is 34.9 Å². The molecule has 1 aromatic rings. The first-order chi connectivity index (χ1) is 26.8. The summed E-state index contributed by atoms with van der Waals surface area (Å²) in [6.07, 6.45) is -5.22. The minimum atomic E-state index is -2.74. The molecule has 6 N–H and O–H groups in total. The number of likely N-dealkylation sites (tertiary alicyclic amines) is 1. The second-order valence-electron chi connectivity index (χ2n) is 19.9. The van der Waals surface area contributed by atoms with Crippen molar-refractivity contribution >= 4 is 44.4 Å². The Kier molecular flexibility index (Phi) is 11.1. The first-order valence-corrected chi connectivity index (χ1v) is 22.6. The summed E-state index contributed by atoms with van der Waals surface area (Å²) >= 11 is 0. The number of ether oxygens (including phenoxy) is 3. The van der Waals surface area contributed by atoms with Gasteiger partial charge in [-0.2, -0.15) is 0 Å². The van der Waals surface area contributed by atoms with E-state index in [1.807, 2.05) is 44.8 Å². The van der Waals surface area contributed by atoms with E-state index in [-0.39, 0.29) is 41.5 Å². The van der Waals surface area contributed by atoms with E-state index in [0.29, 0.717) is 11.1 Å². The molecule has 17 nitrogen and oxygen atoms in total. The van der Waals surface area contributed by atoms with Gasteiger partial charge in [-0.25, -0.2) is 19.2 Å². The summed E-state index contributed by atoms with van der Waals surface area (Å²) in [5.41, 5.74) is -10.3. The summed E-state index contributed by atoms with van der Waals surface area (Å²) in [6.45, 7) is 19.8. The van der Waals surface area contributed by atoms with Crippen LogP contribution in [-0.4, -0.2) is 118 Å². The van der Waals surface area contributed by atoms with Crippen LogP contribution in [0.2, 0.25) is 18.1 Å². The number of rotatable bonds is 12. The highest BCUT2D eigenvalue weighted by molar-refractivity contribution is 6.74. The molecule has 1 fully saturated rings. The Bertz CT molecular complexity index is 2000. The minimum Gasteiger partial charge on any atom is -0.541 e. The maximum atomic E-state index is 14.3. The van der Waals surface area contributed by atoms with Crippen molar-refractivity contribution in [2.24, 2.45) is 5.41 Å². The topological polar surface area (TPSA) is 248 Å². The lowest BCUT2D eigenvalue weighted by Crippen LogP contribution is -2.83. The normalized spacial score (nSPS) is 25.7. The van der Waals surface area contributed by atoms with E-state index in [4.69, 9.17) is 18.6 Å². The smallest absolute Gasteiger partial charge is 0.408 e. The van der Waals surface area contributed by atoms with Crippen molar-refractivity contribution in [2.75, 3.05) is 13.6 Å². The van der Waals surface area contributed by atoms with Crippen LogP contribution in [0.5, 0.6) is 11.5 Å². The van der Waals surface area contributed by atoms with E-state index >= 15 is 0 Å². The molecule has 2 unspecified atom stereocenters. The molecule has 326 valence electrons. The zero-order valence-corrected chi connectivity index (χ0v) is 36.9. The van der Waals surface area contributed by atoms with Gasteiger partial charge in [0, 0.05) is 22.6 Å². The van der Waals surface area contributed by atoms with Gasteiger partial charge in [0.15, 0.2) is 16.8 Å². The lowest BCUT2D eigenvalue weighted by atomic mass is 9.37. The molecule has 2 heterocycles. The van der Waals surface area contributed by atoms with Crippen LogP contribution in [0.25, 0.3) is 0 Å². The highest BCUT2D eigenvalue weighted by atomic mass is 28.4.